The van der Waals surface area contributed by atoms with Gasteiger partial charge in [-0.15, -0.1) is 0 Å². The van der Waals surface area contributed by atoms with Crippen molar-refractivity contribution in [3.05, 3.63) is 90.4 Å². The number of aromatic amines is 1. The number of anilines is 2. The molecule has 1 N–H and O–H groups in total. The summed E-state index contributed by atoms with van der Waals surface area (Å²) in [5.74, 6) is -0.506. The summed E-state index contributed by atoms with van der Waals surface area (Å²) < 4.78 is 10.8. The van der Waals surface area contributed by atoms with Crippen LogP contribution in [0.25, 0.3) is 11.3 Å². The van der Waals surface area contributed by atoms with Crippen molar-refractivity contribution >= 4 is 29.0 Å². The molecule has 4 aromatic rings. The number of H-pyrrole nitrogens is 1. The van der Waals surface area contributed by atoms with Gasteiger partial charge in [0, 0.05) is 11.8 Å². The Morgan fingerprint density at radius 3 is 2.32 bits per heavy atom. The maximum Gasteiger partial charge on any atom is 0.299 e. The average molecular weight is 497 g/mol. The van der Waals surface area contributed by atoms with Gasteiger partial charge >= 0.3 is 0 Å². The smallest absolute Gasteiger partial charge is 0.299 e. The van der Waals surface area contributed by atoms with Crippen LogP contribution in [-0.4, -0.2) is 48.3 Å². The Balaban J connectivity index is 1.49. The molecule has 2 heterocycles. The van der Waals surface area contributed by atoms with Crippen molar-refractivity contribution in [1.82, 2.24) is 9.97 Å². The van der Waals surface area contributed by atoms with Crippen molar-refractivity contribution in [2.75, 3.05) is 30.6 Å². The maximum absolute atomic E-state index is 13.7. The van der Waals surface area contributed by atoms with E-state index in [-0.39, 0.29) is 19.0 Å². The average Bonchev–Trinajstić information content (AvgIpc) is 3.56. The number of para-hydroxylation sites is 1. The molecule has 0 saturated heterocycles. The Hall–Kier alpha value is -4.92. The highest BCUT2D eigenvalue weighted by Gasteiger charge is 2.37. The molecule has 3 aromatic carbocycles. The van der Waals surface area contributed by atoms with Gasteiger partial charge in [-0.3, -0.25) is 19.3 Å². The van der Waals surface area contributed by atoms with E-state index in [0.29, 0.717) is 28.4 Å². The largest absolute Gasteiger partial charge is 0.497 e. The Labute approximate surface area is 213 Å². The normalized spacial score (nSPS) is 12.4. The van der Waals surface area contributed by atoms with Gasteiger partial charge < -0.3 is 19.4 Å². The fraction of sp³-hybridized carbons (Fsp3) is 0.143. The molecule has 0 unspecified atom stereocenters. The molecular formula is C28H24N4O5. The number of ketones is 1. The number of amides is 2. The molecule has 1 aliphatic heterocycles. The summed E-state index contributed by atoms with van der Waals surface area (Å²) in [6.45, 7) is -0.0988. The number of benzene rings is 3. The molecule has 1 aliphatic rings. The number of nitrogens with zero attached hydrogens (tertiary/aromatic N) is 3. The van der Waals surface area contributed by atoms with E-state index in [0.717, 1.165) is 16.8 Å². The summed E-state index contributed by atoms with van der Waals surface area (Å²) in [4.78, 5) is 48.8. The van der Waals surface area contributed by atoms with Gasteiger partial charge in [0.05, 0.1) is 50.2 Å². The minimum absolute atomic E-state index is 0.188. The second kappa shape index (κ2) is 9.98. The number of carbonyl (C=O) groups is 3. The summed E-state index contributed by atoms with van der Waals surface area (Å²) in [6.07, 6.45) is 3.31. The Bertz CT molecular complexity index is 1440. The minimum Gasteiger partial charge on any atom is -0.497 e. The van der Waals surface area contributed by atoms with E-state index >= 15 is 0 Å². The number of nitrogens with one attached hydrogen (secondary N) is 1. The summed E-state index contributed by atoms with van der Waals surface area (Å²) in [7, 11) is 3.12. The van der Waals surface area contributed by atoms with Crippen molar-refractivity contribution in [2.45, 2.75) is 6.54 Å². The first-order valence-corrected chi connectivity index (χ1v) is 11.5. The molecule has 0 atom stereocenters. The van der Waals surface area contributed by atoms with Crippen LogP contribution in [-0.2, 0) is 16.1 Å². The summed E-state index contributed by atoms with van der Waals surface area (Å²) in [6, 6.07) is 19.5. The number of methoxy groups -OCH3 is 2. The molecule has 9 heteroatoms. The van der Waals surface area contributed by atoms with Crippen LogP contribution < -0.4 is 19.3 Å². The van der Waals surface area contributed by atoms with Gasteiger partial charge in [0.25, 0.3) is 11.7 Å². The molecule has 9 nitrogen and oxygen atoms in total. The van der Waals surface area contributed by atoms with Crippen molar-refractivity contribution in [3.8, 4) is 22.8 Å². The van der Waals surface area contributed by atoms with E-state index < -0.39 is 11.7 Å². The second-order valence-electron chi connectivity index (χ2n) is 8.45. The number of hydrogen-bond donors (Lipinski definition) is 1. The van der Waals surface area contributed by atoms with E-state index in [2.05, 4.69) is 9.97 Å². The SMILES string of the molecule is COc1cc(CN(C(=O)CN2C(=O)C(=O)c3ccccc32)c2ccc(-c3cnc[nH]3)cc2)cc(OC)c1. The van der Waals surface area contributed by atoms with E-state index in [1.807, 2.05) is 36.4 Å². The first-order chi connectivity index (χ1) is 18.0. The lowest BCUT2D eigenvalue weighted by Crippen LogP contribution is -2.42. The van der Waals surface area contributed by atoms with Crippen molar-refractivity contribution < 1.29 is 23.9 Å². The van der Waals surface area contributed by atoms with Crippen LogP contribution in [0.5, 0.6) is 11.5 Å². The van der Waals surface area contributed by atoms with E-state index in [4.69, 9.17) is 9.47 Å². The monoisotopic (exact) mass is 496 g/mol. The van der Waals surface area contributed by atoms with Gasteiger partial charge in [-0.05, 0) is 47.5 Å². The molecule has 0 saturated carbocycles. The lowest BCUT2D eigenvalue weighted by Gasteiger charge is -2.26. The van der Waals surface area contributed by atoms with E-state index in [9.17, 15) is 14.4 Å². The third-order valence-electron chi connectivity index (χ3n) is 6.21. The predicted octanol–water partition coefficient (Wildman–Crippen LogP) is 3.86. The molecule has 5 rings (SSSR count). The van der Waals surface area contributed by atoms with Gasteiger partial charge in [-0.1, -0.05) is 24.3 Å². The third kappa shape index (κ3) is 4.66. The van der Waals surface area contributed by atoms with Crippen LogP contribution in [0.2, 0.25) is 0 Å². The number of rotatable bonds is 8. The molecule has 1 aromatic heterocycles. The van der Waals surface area contributed by atoms with E-state index in [1.54, 1.807) is 62.0 Å². The molecule has 2 amide bonds. The highest BCUT2D eigenvalue weighted by atomic mass is 16.5. The van der Waals surface area contributed by atoms with Crippen molar-refractivity contribution in [1.29, 1.82) is 0 Å². The van der Waals surface area contributed by atoms with Gasteiger partial charge in [-0.25, -0.2) is 4.98 Å². The first-order valence-electron chi connectivity index (χ1n) is 11.5. The van der Waals surface area contributed by atoms with Crippen molar-refractivity contribution in [2.24, 2.45) is 0 Å². The topological polar surface area (TPSA) is 105 Å². The molecule has 0 bridgehead atoms. The quantitative estimate of drug-likeness (QED) is 0.372. The number of Topliss-reactive ketones (excluding diaryl/α,β-unsaturated/α-hetero) is 1. The van der Waals surface area contributed by atoms with Crippen LogP contribution in [0.1, 0.15) is 15.9 Å². The minimum atomic E-state index is -0.716. The van der Waals surface area contributed by atoms with Crippen LogP contribution in [0.4, 0.5) is 11.4 Å². The number of hydrogen-bond acceptors (Lipinski definition) is 6. The van der Waals surface area contributed by atoms with E-state index in [1.165, 1.54) is 4.90 Å². The summed E-state index contributed by atoms with van der Waals surface area (Å²) >= 11 is 0. The Morgan fingerprint density at radius 1 is 0.973 bits per heavy atom. The number of ether oxygens (including phenoxy) is 2. The lowest BCUT2D eigenvalue weighted by molar-refractivity contribution is -0.120. The second-order valence-corrected chi connectivity index (χ2v) is 8.45. The molecule has 0 fully saturated rings. The first kappa shape index (κ1) is 23.8. The molecule has 0 spiro atoms. The highest BCUT2D eigenvalue weighted by Crippen LogP contribution is 2.30. The van der Waals surface area contributed by atoms with Crippen LogP contribution >= 0.6 is 0 Å². The van der Waals surface area contributed by atoms with Gasteiger partial charge in [0.1, 0.15) is 18.0 Å². The number of carbonyl (C=O) groups excluding carboxylic acids is 3. The van der Waals surface area contributed by atoms with Gasteiger partial charge in [-0.2, -0.15) is 0 Å². The molecule has 186 valence electrons. The number of aromatic nitrogens is 2. The maximum atomic E-state index is 13.7. The van der Waals surface area contributed by atoms with Gasteiger partial charge in [0.15, 0.2) is 0 Å². The zero-order valence-corrected chi connectivity index (χ0v) is 20.3. The summed E-state index contributed by atoms with van der Waals surface area (Å²) in [5, 5.41) is 0. The predicted molar refractivity (Wildman–Crippen MR) is 138 cm³/mol. The molecular weight excluding hydrogens is 472 g/mol. The zero-order chi connectivity index (χ0) is 25.9. The summed E-state index contributed by atoms with van der Waals surface area (Å²) in [5.41, 5.74) is 3.88. The number of imidazole rings is 1. The Kier molecular flexibility index (Phi) is 6.42. The van der Waals surface area contributed by atoms with Crippen LogP contribution in [0, 0.1) is 0 Å². The standard InChI is InChI=1S/C28H24N4O5/c1-36-21-11-18(12-22(13-21)37-2)15-31(20-9-7-19(8-10-20)24-14-29-17-30-24)26(33)16-32-25-6-4-3-5-23(25)27(34)28(32)35/h3-14,17H,15-16H2,1-2H3,(H,29,30). The molecule has 37 heavy (non-hydrogen) atoms. The van der Waals surface area contributed by atoms with Crippen LogP contribution in [0.15, 0.2) is 79.3 Å². The third-order valence-corrected chi connectivity index (χ3v) is 6.21. The fourth-order valence-electron chi connectivity index (χ4n) is 4.32. The highest BCUT2D eigenvalue weighted by molar-refractivity contribution is 6.52. The zero-order valence-electron chi connectivity index (χ0n) is 20.3. The Morgan fingerprint density at radius 2 is 1.68 bits per heavy atom. The molecule has 0 aliphatic carbocycles. The lowest BCUT2D eigenvalue weighted by atomic mass is 10.1. The molecule has 0 radical (unpaired) electrons. The number of fused-ring (bicyclic) bond motifs is 1. The fourth-order valence-corrected chi connectivity index (χ4v) is 4.32. The van der Waals surface area contributed by atoms with Gasteiger partial charge in [0.2, 0.25) is 5.91 Å². The van der Waals surface area contributed by atoms with Crippen molar-refractivity contribution in [3.63, 3.8) is 0 Å². The van der Waals surface area contributed by atoms with Crippen LogP contribution in [0.3, 0.4) is 0 Å².